The molecule has 9 heteroatoms. The summed E-state index contributed by atoms with van der Waals surface area (Å²) in [6.07, 6.45) is -4.98. The zero-order chi connectivity index (χ0) is 23.6. The minimum atomic E-state index is -4.98. The number of fused-ring (bicyclic) bond motifs is 1. The van der Waals surface area contributed by atoms with E-state index in [0.717, 1.165) is 42.8 Å². The van der Waals surface area contributed by atoms with Crippen LogP contribution >= 0.6 is 0 Å². The smallest absolute Gasteiger partial charge is 0.379 e. The highest BCUT2D eigenvalue weighted by atomic mass is 19.4. The Bertz CT molecular complexity index is 1160. The molecule has 6 nitrogen and oxygen atoms in total. The van der Waals surface area contributed by atoms with Gasteiger partial charge in [-0.15, -0.1) is 0 Å². The van der Waals surface area contributed by atoms with Crippen molar-refractivity contribution in [2.24, 2.45) is 0 Å². The Hall–Kier alpha value is -3.17. The van der Waals surface area contributed by atoms with Crippen LogP contribution in [0.5, 0.6) is 0 Å². The lowest BCUT2D eigenvalue weighted by molar-refractivity contribution is -0.167. The van der Waals surface area contributed by atoms with E-state index >= 15 is 0 Å². The second-order valence-electron chi connectivity index (χ2n) is 7.94. The van der Waals surface area contributed by atoms with Gasteiger partial charge in [-0.3, -0.25) is 14.5 Å². The van der Waals surface area contributed by atoms with E-state index in [1.54, 1.807) is 5.32 Å². The molecule has 4 rings (SSSR count). The molecule has 1 aliphatic rings. The van der Waals surface area contributed by atoms with Crippen molar-refractivity contribution in [3.05, 3.63) is 65.4 Å². The number of ether oxygens (including phenoxy) is 1. The first-order valence-electron chi connectivity index (χ1n) is 10.7. The monoisotopic (exact) mass is 459 g/mol. The van der Waals surface area contributed by atoms with Crippen molar-refractivity contribution in [3.63, 3.8) is 0 Å². The Morgan fingerprint density at radius 2 is 1.67 bits per heavy atom. The number of rotatable bonds is 6. The zero-order valence-electron chi connectivity index (χ0n) is 18.1. The lowest BCUT2D eigenvalue weighted by Gasteiger charge is -2.27. The number of hydrogen-bond donors (Lipinski definition) is 1. The number of benzene rings is 2. The molecule has 0 bridgehead atoms. The molecule has 0 radical (unpaired) electrons. The van der Waals surface area contributed by atoms with Crippen LogP contribution in [0.4, 0.5) is 18.9 Å². The molecule has 1 fully saturated rings. The third-order valence-corrected chi connectivity index (χ3v) is 5.86. The summed E-state index contributed by atoms with van der Waals surface area (Å²) in [7, 11) is 0. The molecule has 0 saturated carbocycles. The number of nitrogens with one attached hydrogen (secondary N) is 1. The molecule has 1 N–H and O–H groups in total. The molecular formula is C24H24F3N3O3. The van der Waals surface area contributed by atoms with Gasteiger partial charge in [-0.1, -0.05) is 18.2 Å². The van der Waals surface area contributed by atoms with E-state index < -0.39 is 12.1 Å². The fourth-order valence-corrected chi connectivity index (χ4v) is 4.12. The quantitative estimate of drug-likeness (QED) is 0.566. The highest BCUT2D eigenvalue weighted by molar-refractivity contribution is 6.17. The summed E-state index contributed by atoms with van der Waals surface area (Å²) < 4.78 is 44.9. The molecule has 0 aliphatic carbocycles. The minimum absolute atomic E-state index is 0.0291. The Morgan fingerprint density at radius 1 is 1.00 bits per heavy atom. The van der Waals surface area contributed by atoms with Gasteiger partial charge < -0.3 is 14.6 Å². The Labute approximate surface area is 188 Å². The van der Waals surface area contributed by atoms with Crippen LogP contribution in [0.1, 0.15) is 21.6 Å². The third kappa shape index (κ3) is 4.94. The number of hydrogen-bond acceptors (Lipinski definition) is 4. The van der Waals surface area contributed by atoms with Gasteiger partial charge in [0.2, 0.25) is 0 Å². The maximum Gasteiger partial charge on any atom is 0.471 e. The summed E-state index contributed by atoms with van der Waals surface area (Å²) in [4.78, 5) is 26.8. The van der Waals surface area contributed by atoms with Crippen molar-refractivity contribution in [1.29, 1.82) is 0 Å². The molecule has 2 heterocycles. The largest absolute Gasteiger partial charge is 0.471 e. The van der Waals surface area contributed by atoms with Crippen molar-refractivity contribution < 1.29 is 27.5 Å². The van der Waals surface area contributed by atoms with Gasteiger partial charge in [-0.2, -0.15) is 13.2 Å². The summed E-state index contributed by atoms with van der Waals surface area (Å²) >= 11 is 0. The lowest BCUT2D eigenvalue weighted by Crippen LogP contribution is -2.38. The van der Waals surface area contributed by atoms with Crippen molar-refractivity contribution in [2.45, 2.75) is 19.6 Å². The second kappa shape index (κ2) is 9.36. The predicted octanol–water partition coefficient (Wildman–Crippen LogP) is 4.01. The van der Waals surface area contributed by atoms with E-state index in [1.165, 1.54) is 24.3 Å². The van der Waals surface area contributed by atoms with Crippen LogP contribution in [-0.2, 0) is 16.1 Å². The fraction of sp³-hybridized carbons (Fsp3) is 0.333. The summed E-state index contributed by atoms with van der Waals surface area (Å²) in [6, 6.07) is 13.1. The minimum Gasteiger partial charge on any atom is -0.379 e. The number of para-hydroxylation sites is 1. The molecule has 1 aromatic heterocycles. The van der Waals surface area contributed by atoms with Gasteiger partial charge in [0, 0.05) is 54.0 Å². The van der Waals surface area contributed by atoms with Crippen LogP contribution in [0.15, 0.2) is 48.5 Å². The molecule has 1 saturated heterocycles. The number of ketones is 1. The Morgan fingerprint density at radius 3 is 2.33 bits per heavy atom. The number of anilines is 1. The van der Waals surface area contributed by atoms with Crippen LogP contribution in [0.3, 0.4) is 0 Å². The first-order chi connectivity index (χ1) is 15.8. The summed E-state index contributed by atoms with van der Waals surface area (Å²) in [5.74, 6) is -2.27. The molecule has 2 aromatic carbocycles. The van der Waals surface area contributed by atoms with Gasteiger partial charge in [-0.05, 0) is 37.3 Å². The Balaban J connectivity index is 1.59. The number of carbonyl (C=O) groups is 2. The fourth-order valence-electron chi connectivity index (χ4n) is 4.12. The molecule has 0 unspecified atom stereocenters. The first kappa shape index (κ1) is 23.0. The standard InChI is InChI=1S/C24H24F3N3O3/c1-16-21(22(31)17-6-8-18(9-7-17)28-23(32)24(25,26)27)19-4-2-3-5-20(19)30(16)11-10-29-12-14-33-15-13-29/h2-9H,10-15H2,1H3,(H,28,32). The van der Waals surface area contributed by atoms with Crippen LogP contribution in [0, 0.1) is 6.92 Å². The predicted molar refractivity (Wildman–Crippen MR) is 118 cm³/mol. The van der Waals surface area contributed by atoms with E-state index in [9.17, 15) is 22.8 Å². The lowest BCUT2D eigenvalue weighted by atomic mass is 10.0. The van der Waals surface area contributed by atoms with Gasteiger partial charge in [0.05, 0.1) is 18.8 Å². The second-order valence-corrected chi connectivity index (χ2v) is 7.94. The highest BCUT2D eigenvalue weighted by Crippen LogP contribution is 2.29. The number of halogens is 3. The maximum absolute atomic E-state index is 13.4. The number of amides is 1. The van der Waals surface area contributed by atoms with E-state index in [0.29, 0.717) is 24.3 Å². The molecule has 33 heavy (non-hydrogen) atoms. The Kier molecular flexibility index (Phi) is 6.53. The maximum atomic E-state index is 13.4. The summed E-state index contributed by atoms with van der Waals surface area (Å²) in [5.41, 5.74) is 2.67. The van der Waals surface area contributed by atoms with Gasteiger partial charge in [-0.25, -0.2) is 0 Å². The topological polar surface area (TPSA) is 63.6 Å². The highest BCUT2D eigenvalue weighted by Gasteiger charge is 2.38. The van der Waals surface area contributed by atoms with E-state index in [1.807, 2.05) is 31.2 Å². The molecule has 3 aromatic rings. The number of carbonyl (C=O) groups excluding carboxylic acids is 2. The van der Waals surface area contributed by atoms with E-state index in [4.69, 9.17) is 4.74 Å². The summed E-state index contributed by atoms with van der Waals surface area (Å²) in [6.45, 7) is 6.66. The van der Waals surface area contributed by atoms with Crippen molar-refractivity contribution in [2.75, 3.05) is 38.2 Å². The number of nitrogens with zero attached hydrogens (tertiary/aromatic N) is 2. The van der Waals surface area contributed by atoms with Gasteiger partial charge in [0.25, 0.3) is 0 Å². The average Bonchev–Trinajstić information content (AvgIpc) is 3.09. The van der Waals surface area contributed by atoms with Crippen molar-refractivity contribution in [3.8, 4) is 0 Å². The van der Waals surface area contributed by atoms with E-state index in [2.05, 4.69) is 9.47 Å². The number of morpholine rings is 1. The van der Waals surface area contributed by atoms with Crippen molar-refractivity contribution in [1.82, 2.24) is 9.47 Å². The summed E-state index contributed by atoms with van der Waals surface area (Å²) in [5, 5.41) is 2.62. The molecule has 1 amide bonds. The van der Waals surface area contributed by atoms with Crippen LogP contribution in [0.25, 0.3) is 10.9 Å². The normalized spacial score (nSPS) is 15.0. The molecule has 0 spiro atoms. The first-order valence-corrected chi connectivity index (χ1v) is 10.7. The molecule has 174 valence electrons. The number of aromatic nitrogens is 1. The zero-order valence-corrected chi connectivity index (χ0v) is 18.1. The van der Waals surface area contributed by atoms with Crippen LogP contribution < -0.4 is 5.32 Å². The number of alkyl halides is 3. The van der Waals surface area contributed by atoms with Crippen LogP contribution in [-0.4, -0.2) is 60.2 Å². The molecule has 0 atom stereocenters. The van der Waals surface area contributed by atoms with Gasteiger partial charge in [0.1, 0.15) is 0 Å². The SMILES string of the molecule is Cc1c(C(=O)c2ccc(NC(=O)C(F)(F)F)cc2)c2ccccc2n1CCN1CCOCC1. The van der Waals surface area contributed by atoms with Gasteiger partial charge >= 0.3 is 12.1 Å². The van der Waals surface area contributed by atoms with Crippen molar-refractivity contribution >= 4 is 28.3 Å². The molecule has 1 aliphatic heterocycles. The van der Waals surface area contributed by atoms with Gasteiger partial charge in [0.15, 0.2) is 5.78 Å². The van der Waals surface area contributed by atoms with Crippen LogP contribution in [0.2, 0.25) is 0 Å². The third-order valence-electron chi connectivity index (χ3n) is 5.86. The van der Waals surface area contributed by atoms with E-state index in [-0.39, 0.29) is 11.5 Å². The molecular weight excluding hydrogens is 435 g/mol. The average molecular weight is 459 g/mol.